The molecule has 4 nitrogen and oxygen atoms in total. The Morgan fingerprint density at radius 1 is 1.21 bits per heavy atom. The summed E-state index contributed by atoms with van der Waals surface area (Å²) in [7, 11) is 1.70. The summed E-state index contributed by atoms with van der Waals surface area (Å²) >= 11 is 6.06. The Balaban J connectivity index is 1.93. The third kappa shape index (κ3) is 4.08. The number of nitrogens with two attached hydrogens (primary N) is 1. The van der Waals surface area contributed by atoms with Crippen molar-refractivity contribution >= 4 is 11.6 Å². The Kier molecular flexibility index (Phi) is 5.45. The Hall–Kier alpha value is -0.810. The van der Waals surface area contributed by atoms with E-state index in [0.717, 1.165) is 62.1 Å². The summed E-state index contributed by atoms with van der Waals surface area (Å²) in [6, 6.07) is 5.79. The molecule has 0 radical (unpaired) electrons. The molecule has 1 saturated heterocycles. The molecule has 0 unspecified atom stereocenters. The molecule has 106 valence electrons. The molecule has 0 aromatic heterocycles. The van der Waals surface area contributed by atoms with Gasteiger partial charge in [0.15, 0.2) is 0 Å². The van der Waals surface area contributed by atoms with E-state index in [9.17, 15) is 0 Å². The highest BCUT2D eigenvalue weighted by molar-refractivity contribution is 6.30. The van der Waals surface area contributed by atoms with Crippen molar-refractivity contribution < 1.29 is 4.74 Å². The molecule has 1 heterocycles. The molecule has 0 bridgehead atoms. The zero-order chi connectivity index (χ0) is 13.7. The van der Waals surface area contributed by atoms with Crippen LogP contribution in [0, 0.1) is 0 Å². The van der Waals surface area contributed by atoms with Crippen molar-refractivity contribution in [2.24, 2.45) is 5.73 Å². The van der Waals surface area contributed by atoms with Gasteiger partial charge in [-0.05, 0) is 18.2 Å². The van der Waals surface area contributed by atoms with Gasteiger partial charge in [0, 0.05) is 56.4 Å². The average Bonchev–Trinajstić information content (AvgIpc) is 2.42. The van der Waals surface area contributed by atoms with Crippen molar-refractivity contribution in [1.82, 2.24) is 9.80 Å². The second kappa shape index (κ2) is 7.10. The number of nitrogens with zero attached hydrogens (tertiary/aromatic N) is 2. The van der Waals surface area contributed by atoms with E-state index in [4.69, 9.17) is 22.1 Å². The number of piperazine rings is 1. The van der Waals surface area contributed by atoms with Crippen molar-refractivity contribution in [3.63, 3.8) is 0 Å². The fourth-order valence-electron chi connectivity index (χ4n) is 2.47. The van der Waals surface area contributed by atoms with Crippen LogP contribution < -0.4 is 10.5 Å². The van der Waals surface area contributed by atoms with Crippen molar-refractivity contribution in [1.29, 1.82) is 0 Å². The van der Waals surface area contributed by atoms with Gasteiger partial charge in [-0.3, -0.25) is 9.80 Å². The lowest BCUT2D eigenvalue weighted by Crippen LogP contribution is -2.47. The van der Waals surface area contributed by atoms with Crippen LogP contribution in [0.5, 0.6) is 5.75 Å². The predicted molar refractivity (Wildman–Crippen MR) is 78.8 cm³/mol. The van der Waals surface area contributed by atoms with Gasteiger partial charge in [0.1, 0.15) is 5.75 Å². The van der Waals surface area contributed by atoms with Crippen LogP contribution in [0.25, 0.3) is 0 Å². The molecule has 1 aliphatic heterocycles. The van der Waals surface area contributed by atoms with Gasteiger partial charge in [-0.25, -0.2) is 0 Å². The summed E-state index contributed by atoms with van der Waals surface area (Å²) < 4.78 is 5.39. The highest BCUT2D eigenvalue weighted by Crippen LogP contribution is 2.24. The minimum atomic E-state index is 0.738. The van der Waals surface area contributed by atoms with Gasteiger partial charge in [-0.1, -0.05) is 11.6 Å². The average molecular weight is 284 g/mol. The molecule has 1 aromatic carbocycles. The second-order valence-corrected chi connectivity index (χ2v) is 5.30. The van der Waals surface area contributed by atoms with E-state index < -0.39 is 0 Å². The number of rotatable bonds is 5. The third-order valence-electron chi connectivity index (χ3n) is 3.55. The van der Waals surface area contributed by atoms with E-state index in [0.29, 0.717) is 0 Å². The lowest BCUT2D eigenvalue weighted by Gasteiger charge is -2.34. The van der Waals surface area contributed by atoms with Crippen LogP contribution in [0.2, 0.25) is 5.02 Å². The summed E-state index contributed by atoms with van der Waals surface area (Å²) in [5.74, 6) is 0.911. The van der Waals surface area contributed by atoms with Crippen LogP contribution in [0.4, 0.5) is 0 Å². The first-order valence-corrected chi connectivity index (χ1v) is 7.08. The molecule has 19 heavy (non-hydrogen) atoms. The predicted octanol–water partition coefficient (Wildman–Crippen LogP) is 1.42. The zero-order valence-corrected chi connectivity index (χ0v) is 12.2. The van der Waals surface area contributed by atoms with Crippen LogP contribution in [0.15, 0.2) is 18.2 Å². The van der Waals surface area contributed by atoms with E-state index in [1.54, 1.807) is 7.11 Å². The molecule has 5 heteroatoms. The summed E-state index contributed by atoms with van der Waals surface area (Å²) in [4.78, 5) is 4.84. The lowest BCUT2D eigenvalue weighted by atomic mass is 10.1. The molecule has 2 rings (SSSR count). The van der Waals surface area contributed by atoms with Gasteiger partial charge in [-0.15, -0.1) is 0 Å². The molecule has 1 aliphatic rings. The van der Waals surface area contributed by atoms with Gasteiger partial charge < -0.3 is 10.5 Å². The van der Waals surface area contributed by atoms with Crippen LogP contribution in [-0.2, 0) is 6.54 Å². The maximum Gasteiger partial charge on any atom is 0.123 e. The van der Waals surface area contributed by atoms with Crippen molar-refractivity contribution in [2.45, 2.75) is 6.54 Å². The monoisotopic (exact) mass is 283 g/mol. The minimum absolute atomic E-state index is 0.738. The quantitative estimate of drug-likeness (QED) is 0.888. The van der Waals surface area contributed by atoms with E-state index >= 15 is 0 Å². The maximum absolute atomic E-state index is 6.06. The third-order valence-corrected chi connectivity index (χ3v) is 3.78. The van der Waals surface area contributed by atoms with Crippen LogP contribution >= 0.6 is 11.6 Å². The summed E-state index contributed by atoms with van der Waals surface area (Å²) in [5.41, 5.74) is 6.74. The topological polar surface area (TPSA) is 41.7 Å². The van der Waals surface area contributed by atoms with Gasteiger partial charge in [0.05, 0.1) is 7.11 Å². The molecule has 1 aromatic rings. The summed E-state index contributed by atoms with van der Waals surface area (Å²) in [6.07, 6.45) is 0. The molecular formula is C14H22ClN3O. The van der Waals surface area contributed by atoms with Crippen LogP contribution in [0.1, 0.15) is 5.56 Å². The smallest absolute Gasteiger partial charge is 0.123 e. The van der Waals surface area contributed by atoms with E-state index in [-0.39, 0.29) is 0 Å². The maximum atomic E-state index is 6.06. The van der Waals surface area contributed by atoms with E-state index in [2.05, 4.69) is 9.80 Å². The molecule has 0 aliphatic carbocycles. The van der Waals surface area contributed by atoms with Crippen molar-refractivity contribution in [3.05, 3.63) is 28.8 Å². The molecule has 0 amide bonds. The van der Waals surface area contributed by atoms with Crippen LogP contribution in [0.3, 0.4) is 0 Å². The van der Waals surface area contributed by atoms with Gasteiger partial charge in [0.2, 0.25) is 0 Å². The van der Waals surface area contributed by atoms with E-state index in [1.807, 2.05) is 18.2 Å². The largest absolute Gasteiger partial charge is 0.496 e. The molecular weight excluding hydrogens is 262 g/mol. The molecule has 2 N–H and O–H groups in total. The number of hydrogen-bond acceptors (Lipinski definition) is 4. The summed E-state index contributed by atoms with van der Waals surface area (Å²) in [5, 5.41) is 0.762. The number of ether oxygens (including phenoxy) is 1. The highest BCUT2D eigenvalue weighted by atomic mass is 35.5. The Labute approximate surface area is 120 Å². The van der Waals surface area contributed by atoms with Crippen molar-refractivity contribution in [2.75, 3.05) is 46.4 Å². The Bertz CT molecular complexity index is 406. The molecule has 1 fully saturated rings. The summed E-state index contributed by atoms with van der Waals surface area (Å²) in [6.45, 7) is 6.92. The van der Waals surface area contributed by atoms with E-state index in [1.165, 1.54) is 0 Å². The SMILES string of the molecule is COc1ccc(Cl)cc1CN1CCN(CCN)CC1. The second-order valence-electron chi connectivity index (χ2n) is 4.86. The van der Waals surface area contributed by atoms with Gasteiger partial charge >= 0.3 is 0 Å². The number of methoxy groups -OCH3 is 1. The zero-order valence-electron chi connectivity index (χ0n) is 11.4. The first-order chi connectivity index (χ1) is 9.22. The van der Waals surface area contributed by atoms with Crippen molar-refractivity contribution in [3.8, 4) is 5.75 Å². The first kappa shape index (κ1) is 14.6. The molecule has 0 spiro atoms. The Morgan fingerprint density at radius 3 is 2.53 bits per heavy atom. The fraction of sp³-hybridized carbons (Fsp3) is 0.571. The molecule has 0 atom stereocenters. The molecule has 0 saturated carbocycles. The van der Waals surface area contributed by atoms with Gasteiger partial charge in [-0.2, -0.15) is 0 Å². The lowest BCUT2D eigenvalue weighted by molar-refractivity contribution is 0.129. The standard InChI is InChI=1S/C14H22ClN3O/c1-19-14-3-2-13(15)10-12(14)11-18-8-6-17(5-4-16)7-9-18/h2-3,10H,4-9,11,16H2,1H3. The number of benzene rings is 1. The highest BCUT2D eigenvalue weighted by Gasteiger charge is 2.17. The minimum Gasteiger partial charge on any atom is -0.496 e. The number of hydrogen-bond donors (Lipinski definition) is 1. The first-order valence-electron chi connectivity index (χ1n) is 6.70. The van der Waals surface area contributed by atoms with Gasteiger partial charge in [0.25, 0.3) is 0 Å². The number of halogens is 1. The normalized spacial score (nSPS) is 17.6. The Morgan fingerprint density at radius 2 is 1.89 bits per heavy atom. The fourth-order valence-corrected chi connectivity index (χ4v) is 2.66. The van der Waals surface area contributed by atoms with Crippen LogP contribution in [-0.4, -0.2) is 56.2 Å².